The van der Waals surface area contributed by atoms with Crippen LogP contribution in [-0.2, 0) is 4.79 Å². The van der Waals surface area contributed by atoms with Crippen LogP contribution in [0.25, 0.3) is 0 Å². The maximum atomic E-state index is 13.2. The van der Waals surface area contributed by atoms with Crippen LogP contribution >= 0.6 is 11.8 Å². The number of carbonyl (C=O) groups is 1. The maximum absolute atomic E-state index is 13.2. The van der Waals surface area contributed by atoms with Gasteiger partial charge in [-0.25, -0.2) is 8.78 Å². The fourth-order valence-corrected chi connectivity index (χ4v) is 2.00. The number of hydrogen-bond acceptors (Lipinski definition) is 3. The van der Waals surface area contributed by atoms with E-state index in [1.807, 2.05) is 0 Å². The minimum atomic E-state index is -0.659. The van der Waals surface area contributed by atoms with Gasteiger partial charge in [-0.15, -0.1) is 11.8 Å². The van der Waals surface area contributed by atoms with E-state index in [9.17, 15) is 13.6 Å². The van der Waals surface area contributed by atoms with Gasteiger partial charge in [0.2, 0.25) is 5.91 Å². The van der Waals surface area contributed by atoms with Crippen LogP contribution in [0.5, 0.6) is 0 Å². The van der Waals surface area contributed by atoms with Crippen molar-refractivity contribution >= 4 is 17.7 Å². The summed E-state index contributed by atoms with van der Waals surface area (Å²) in [7, 11) is 0. The third kappa shape index (κ3) is 5.46. The zero-order valence-electron chi connectivity index (χ0n) is 9.79. The minimum absolute atomic E-state index is 0.0850. The summed E-state index contributed by atoms with van der Waals surface area (Å²) >= 11 is 1.02. The lowest BCUT2D eigenvalue weighted by Crippen LogP contribution is -2.26. The molecule has 0 saturated heterocycles. The summed E-state index contributed by atoms with van der Waals surface area (Å²) in [5, 5.41) is 11.2. The second kappa shape index (κ2) is 8.05. The van der Waals surface area contributed by atoms with Crippen molar-refractivity contribution in [2.24, 2.45) is 0 Å². The van der Waals surface area contributed by atoms with Crippen molar-refractivity contribution in [1.82, 2.24) is 5.32 Å². The van der Waals surface area contributed by atoms with E-state index in [1.165, 1.54) is 6.07 Å². The Morgan fingerprint density at radius 1 is 1.33 bits per heavy atom. The van der Waals surface area contributed by atoms with E-state index in [1.54, 1.807) is 0 Å². The average molecular weight is 275 g/mol. The van der Waals surface area contributed by atoms with Crippen molar-refractivity contribution in [1.29, 1.82) is 0 Å². The Labute approximate surface area is 109 Å². The summed E-state index contributed by atoms with van der Waals surface area (Å²) in [6, 6.07) is 3.26. The lowest BCUT2D eigenvalue weighted by atomic mass is 10.3. The number of aliphatic hydroxyl groups excluding tert-OH is 1. The molecule has 3 nitrogen and oxygen atoms in total. The molecular formula is C12H15F2NO2S. The molecule has 0 spiro atoms. The van der Waals surface area contributed by atoms with Gasteiger partial charge in [0.15, 0.2) is 0 Å². The van der Waals surface area contributed by atoms with E-state index in [-0.39, 0.29) is 23.2 Å². The Kier molecular flexibility index (Phi) is 6.67. The van der Waals surface area contributed by atoms with Gasteiger partial charge >= 0.3 is 0 Å². The summed E-state index contributed by atoms with van der Waals surface area (Å²) in [6.07, 6.45) is 1.35. The molecule has 1 amide bonds. The van der Waals surface area contributed by atoms with Crippen LogP contribution in [0.15, 0.2) is 23.1 Å². The molecule has 0 aliphatic rings. The zero-order chi connectivity index (χ0) is 13.4. The molecule has 0 bridgehead atoms. The van der Waals surface area contributed by atoms with Gasteiger partial charge in [-0.1, -0.05) is 0 Å². The van der Waals surface area contributed by atoms with Crippen LogP contribution in [0.1, 0.15) is 12.8 Å². The summed E-state index contributed by atoms with van der Waals surface area (Å²) in [5.74, 6) is -1.41. The van der Waals surface area contributed by atoms with Gasteiger partial charge in [-0.05, 0) is 25.0 Å². The highest BCUT2D eigenvalue weighted by atomic mass is 32.2. The second-order valence-electron chi connectivity index (χ2n) is 3.64. The van der Waals surface area contributed by atoms with Crippen LogP contribution in [0.4, 0.5) is 8.78 Å². The Morgan fingerprint density at radius 2 is 2.11 bits per heavy atom. The molecule has 6 heteroatoms. The average Bonchev–Trinajstić information content (AvgIpc) is 2.33. The first-order valence-corrected chi connectivity index (χ1v) is 6.57. The maximum Gasteiger partial charge on any atom is 0.230 e. The SMILES string of the molecule is O=C(CSc1ccc(F)cc1F)NCCCCO. The smallest absolute Gasteiger partial charge is 0.230 e. The van der Waals surface area contributed by atoms with Crippen molar-refractivity contribution in [2.45, 2.75) is 17.7 Å². The first-order chi connectivity index (χ1) is 8.63. The number of nitrogens with one attached hydrogen (secondary N) is 1. The quantitative estimate of drug-likeness (QED) is 0.590. The van der Waals surface area contributed by atoms with Crippen molar-refractivity contribution in [3.8, 4) is 0 Å². The number of hydrogen-bond donors (Lipinski definition) is 2. The molecule has 0 unspecified atom stereocenters. The molecule has 0 radical (unpaired) electrons. The van der Waals surface area contributed by atoms with Gasteiger partial charge in [0.05, 0.1) is 5.75 Å². The molecule has 0 saturated carbocycles. The Morgan fingerprint density at radius 3 is 2.78 bits per heavy atom. The molecular weight excluding hydrogens is 260 g/mol. The van der Waals surface area contributed by atoms with Gasteiger partial charge in [-0.2, -0.15) is 0 Å². The molecule has 0 atom stereocenters. The molecule has 100 valence electrons. The van der Waals surface area contributed by atoms with Crippen molar-refractivity contribution < 1.29 is 18.7 Å². The molecule has 0 aliphatic carbocycles. The molecule has 1 aromatic rings. The normalized spacial score (nSPS) is 10.4. The molecule has 2 N–H and O–H groups in total. The fourth-order valence-electron chi connectivity index (χ4n) is 1.25. The highest BCUT2D eigenvalue weighted by Crippen LogP contribution is 2.21. The first kappa shape index (κ1) is 14.9. The lowest BCUT2D eigenvalue weighted by Gasteiger charge is -2.05. The third-order valence-electron chi connectivity index (χ3n) is 2.16. The number of carbonyl (C=O) groups excluding carboxylic acids is 1. The number of rotatable bonds is 7. The Balaban J connectivity index is 2.29. The van der Waals surface area contributed by atoms with Crippen LogP contribution in [-0.4, -0.2) is 29.9 Å². The molecule has 18 heavy (non-hydrogen) atoms. The number of unbranched alkanes of at least 4 members (excludes halogenated alkanes) is 1. The van der Waals surface area contributed by atoms with E-state index in [0.717, 1.165) is 23.9 Å². The van der Waals surface area contributed by atoms with Crippen LogP contribution in [0.2, 0.25) is 0 Å². The minimum Gasteiger partial charge on any atom is -0.396 e. The highest BCUT2D eigenvalue weighted by molar-refractivity contribution is 8.00. The van der Waals surface area contributed by atoms with Gasteiger partial charge in [0.25, 0.3) is 0 Å². The molecule has 0 aromatic heterocycles. The van der Waals surface area contributed by atoms with Gasteiger partial charge in [-0.3, -0.25) is 4.79 Å². The topological polar surface area (TPSA) is 49.3 Å². The number of halogens is 2. The molecule has 1 aromatic carbocycles. The van der Waals surface area contributed by atoms with E-state index >= 15 is 0 Å². The van der Waals surface area contributed by atoms with Gasteiger partial charge in [0, 0.05) is 24.1 Å². The Bertz CT molecular complexity index is 402. The summed E-state index contributed by atoms with van der Waals surface area (Å²) < 4.78 is 25.9. The zero-order valence-corrected chi connectivity index (χ0v) is 10.6. The monoisotopic (exact) mass is 275 g/mol. The van der Waals surface area contributed by atoms with E-state index < -0.39 is 11.6 Å². The second-order valence-corrected chi connectivity index (χ2v) is 4.66. The standard InChI is InChI=1S/C12H15F2NO2S/c13-9-3-4-11(10(14)7-9)18-8-12(17)15-5-1-2-6-16/h3-4,7,16H,1-2,5-6,8H2,(H,15,17). The summed E-state index contributed by atoms with van der Waals surface area (Å²) in [6.45, 7) is 0.595. The number of thioether (sulfide) groups is 1. The first-order valence-electron chi connectivity index (χ1n) is 5.59. The van der Waals surface area contributed by atoms with E-state index in [4.69, 9.17) is 5.11 Å². The van der Waals surface area contributed by atoms with Gasteiger partial charge < -0.3 is 10.4 Å². The lowest BCUT2D eigenvalue weighted by molar-refractivity contribution is -0.118. The van der Waals surface area contributed by atoms with Gasteiger partial charge in [0.1, 0.15) is 11.6 Å². The fraction of sp³-hybridized carbons (Fsp3) is 0.417. The van der Waals surface area contributed by atoms with E-state index in [0.29, 0.717) is 19.4 Å². The number of benzene rings is 1. The third-order valence-corrected chi connectivity index (χ3v) is 3.21. The highest BCUT2D eigenvalue weighted by Gasteiger charge is 2.07. The predicted octanol–water partition coefficient (Wildman–Crippen LogP) is 1.95. The van der Waals surface area contributed by atoms with Crippen molar-refractivity contribution in [2.75, 3.05) is 18.9 Å². The molecule has 0 aliphatic heterocycles. The summed E-state index contributed by atoms with van der Waals surface area (Å²) in [4.78, 5) is 11.6. The van der Waals surface area contributed by atoms with Crippen LogP contribution < -0.4 is 5.32 Å². The van der Waals surface area contributed by atoms with E-state index in [2.05, 4.69) is 5.32 Å². The largest absolute Gasteiger partial charge is 0.396 e. The molecule has 0 heterocycles. The summed E-state index contributed by atoms with van der Waals surface area (Å²) in [5.41, 5.74) is 0. The number of amides is 1. The van der Waals surface area contributed by atoms with Crippen molar-refractivity contribution in [3.63, 3.8) is 0 Å². The van der Waals surface area contributed by atoms with Crippen LogP contribution in [0.3, 0.4) is 0 Å². The van der Waals surface area contributed by atoms with Crippen molar-refractivity contribution in [3.05, 3.63) is 29.8 Å². The Hall–Kier alpha value is -1.14. The molecule has 0 fully saturated rings. The number of aliphatic hydroxyl groups is 1. The molecule has 1 rings (SSSR count). The van der Waals surface area contributed by atoms with Crippen LogP contribution in [0, 0.1) is 11.6 Å². The predicted molar refractivity (Wildman–Crippen MR) is 66.4 cm³/mol.